The fourth-order valence-corrected chi connectivity index (χ4v) is 0. The maximum absolute atomic E-state index is 0. The van der Waals surface area contributed by atoms with Gasteiger partial charge in [-0.3, -0.25) is 0 Å². The van der Waals surface area contributed by atoms with Crippen molar-refractivity contribution >= 4 is 0 Å². The molecule has 11 nitrogen and oxygen atoms in total. The van der Waals surface area contributed by atoms with Crippen molar-refractivity contribution in [1.29, 1.82) is 0 Å². The van der Waals surface area contributed by atoms with Crippen molar-refractivity contribution in [3.8, 4) is 0 Å². The Balaban J connectivity index is 0. The zero-order valence-electron chi connectivity index (χ0n) is 7.65. The Morgan fingerprint density at radius 1 is 0.235 bits per heavy atom. The molecule has 0 heterocycles. The summed E-state index contributed by atoms with van der Waals surface area (Å²) in [7, 11) is 0. The van der Waals surface area contributed by atoms with Gasteiger partial charge in [0.25, 0.3) is 0 Å². The zero-order chi connectivity index (χ0) is 0. The van der Waals surface area contributed by atoms with Crippen LogP contribution in [0.15, 0.2) is 0 Å². The Labute approximate surface area is 217 Å². The van der Waals surface area contributed by atoms with Gasteiger partial charge in [0.2, 0.25) is 0 Å². The maximum atomic E-state index is 0. The summed E-state index contributed by atoms with van der Waals surface area (Å²) in [6.07, 6.45) is 0. The van der Waals surface area contributed by atoms with Crippen molar-refractivity contribution in [3.63, 3.8) is 0 Å². The molecular formula is O11Ti2Y2Zr2. The van der Waals surface area contributed by atoms with Gasteiger partial charge >= 0.3 is 161 Å². The summed E-state index contributed by atoms with van der Waals surface area (Å²) in [5.74, 6) is 0. The van der Waals surface area contributed by atoms with Crippen LogP contribution in [0.1, 0.15) is 0 Å². The van der Waals surface area contributed by atoms with Gasteiger partial charge in [-0.2, -0.15) is 0 Å². The van der Waals surface area contributed by atoms with E-state index in [1.165, 1.54) is 0 Å². The van der Waals surface area contributed by atoms with Crippen LogP contribution >= 0.6 is 0 Å². The van der Waals surface area contributed by atoms with E-state index in [1.807, 2.05) is 0 Å². The van der Waals surface area contributed by atoms with Crippen LogP contribution in [0.5, 0.6) is 0 Å². The summed E-state index contributed by atoms with van der Waals surface area (Å²) in [6, 6.07) is 0. The molecule has 0 aromatic heterocycles. The molecule has 0 aliphatic carbocycles. The van der Waals surface area contributed by atoms with Crippen molar-refractivity contribution in [2.24, 2.45) is 0 Å². The van der Waals surface area contributed by atoms with Crippen LogP contribution < -0.4 is 0 Å². The predicted molar refractivity (Wildman–Crippen MR) is 7.55 cm³/mol. The normalized spacial score (nSPS) is 0. The van der Waals surface area contributed by atoms with E-state index in [9.17, 15) is 0 Å². The summed E-state index contributed by atoms with van der Waals surface area (Å²) in [5, 5.41) is 0. The number of hydrogen-bond donors (Lipinski definition) is 0. The molecule has 0 aliphatic heterocycles. The third-order valence-corrected chi connectivity index (χ3v) is 0. The van der Waals surface area contributed by atoms with Crippen LogP contribution in [-0.4, -0.2) is 0 Å². The van der Waals surface area contributed by atoms with E-state index >= 15 is 0 Å². The molecule has 0 amide bonds. The van der Waals surface area contributed by atoms with Crippen LogP contribution in [0.25, 0.3) is 0 Å². The third-order valence-electron chi connectivity index (χ3n) is 0. The van der Waals surface area contributed by atoms with Gasteiger partial charge in [-0.1, -0.05) is 0 Å². The minimum absolute atomic E-state index is 0. The van der Waals surface area contributed by atoms with Gasteiger partial charge in [0.15, 0.2) is 0 Å². The van der Waals surface area contributed by atoms with Crippen LogP contribution in [-0.2, 0) is 221 Å². The van der Waals surface area contributed by atoms with E-state index in [4.69, 9.17) is 0 Å². The molecule has 0 spiro atoms. The largest absolute Gasteiger partial charge is 4.00 e. The van der Waals surface area contributed by atoms with E-state index in [0.717, 1.165) is 0 Å². The van der Waals surface area contributed by atoms with E-state index in [0.29, 0.717) is 0 Å². The Hall–Kier alpha value is 4.96. The van der Waals surface area contributed by atoms with Crippen molar-refractivity contribution in [3.05, 3.63) is 0 Å². The van der Waals surface area contributed by atoms with Crippen molar-refractivity contribution in [1.82, 2.24) is 0 Å². The summed E-state index contributed by atoms with van der Waals surface area (Å²) >= 11 is 0. The molecular weight excluding hydrogens is 632 g/mol. The van der Waals surface area contributed by atoms with Gasteiger partial charge in [-0.25, -0.2) is 0 Å². The van der Waals surface area contributed by atoms with Crippen LogP contribution in [0.2, 0.25) is 0 Å². The Morgan fingerprint density at radius 3 is 0.235 bits per heavy atom. The van der Waals surface area contributed by atoms with Gasteiger partial charge in [0.1, 0.15) is 0 Å². The quantitative estimate of drug-likeness (QED) is 0.281. The van der Waals surface area contributed by atoms with Crippen molar-refractivity contribution < 1.29 is 221 Å². The van der Waals surface area contributed by atoms with Gasteiger partial charge < -0.3 is 60.2 Å². The molecule has 0 bridgehead atoms. The zero-order valence-corrected chi connectivity index (χ0v) is 21.4. The van der Waals surface area contributed by atoms with Gasteiger partial charge in [-0.05, 0) is 0 Å². The summed E-state index contributed by atoms with van der Waals surface area (Å²) in [4.78, 5) is 0. The Kier molecular flexibility index (Phi) is 7820. The SMILES string of the molecule is [O-2].[O-2].[O-2].[O-2].[O-2].[O-2].[O-2].[O-2].[O-2].[O-2].[O-2].[Ti+4].[Ti+4].[Y+3].[Y+3].[Zr+4].[Zr+4]. The smallest absolute Gasteiger partial charge is 2.00 e. The fourth-order valence-electron chi connectivity index (χ4n) is 0. The molecule has 0 aromatic carbocycles. The topological polar surface area (TPSA) is 314 Å². The molecule has 0 saturated carbocycles. The van der Waals surface area contributed by atoms with Crippen LogP contribution in [0.4, 0.5) is 0 Å². The number of rotatable bonds is 0. The molecule has 0 radical (unpaired) electrons. The molecule has 88 valence electrons. The average Bonchev–Trinajstić information content (AvgIpc) is 0. The average molecular weight is 632 g/mol. The van der Waals surface area contributed by atoms with Crippen LogP contribution in [0.3, 0.4) is 0 Å². The molecule has 0 atom stereocenters. The van der Waals surface area contributed by atoms with E-state index in [-0.39, 0.29) is 221 Å². The Bertz CT molecular complexity index is 25.4. The standard InChI is InChI=1S/11O.2Ti.2Y.2Zr/q11*-2;2*+4;2*+3;2*+4. The van der Waals surface area contributed by atoms with E-state index < -0.39 is 0 Å². The minimum atomic E-state index is 0. The molecule has 0 unspecified atom stereocenters. The third kappa shape index (κ3) is 306. The first kappa shape index (κ1) is 392. The molecule has 17 heavy (non-hydrogen) atoms. The van der Waals surface area contributed by atoms with Gasteiger partial charge in [-0.15, -0.1) is 0 Å². The van der Waals surface area contributed by atoms with Gasteiger partial charge in [0, 0.05) is 0 Å². The number of hydrogen-bond acceptors (Lipinski definition) is 0. The Morgan fingerprint density at radius 2 is 0.235 bits per heavy atom. The molecule has 0 fully saturated rings. The molecule has 0 aliphatic rings. The molecule has 0 aromatic rings. The second-order valence-electron chi connectivity index (χ2n) is 0. The van der Waals surface area contributed by atoms with E-state index in [2.05, 4.69) is 0 Å². The second kappa shape index (κ2) is 339. The van der Waals surface area contributed by atoms with Crippen molar-refractivity contribution in [2.75, 3.05) is 0 Å². The van der Waals surface area contributed by atoms with Crippen molar-refractivity contribution in [2.45, 2.75) is 0 Å². The summed E-state index contributed by atoms with van der Waals surface area (Å²) < 4.78 is 0. The first-order valence-corrected chi connectivity index (χ1v) is 0. The fraction of sp³-hybridized carbons (Fsp3) is 0. The predicted octanol–water partition coefficient (Wildman–Crippen LogP) is -1.32. The first-order valence-electron chi connectivity index (χ1n) is 0. The first-order chi connectivity index (χ1) is 0. The van der Waals surface area contributed by atoms with E-state index in [1.54, 1.807) is 0 Å². The monoisotopic (exact) mass is 629 g/mol. The van der Waals surface area contributed by atoms with Crippen LogP contribution in [0, 0.1) is 0 Å². The second-order valence-corrected chi connectivity index (χ2v) is 0. The molecule has 17 heteroatoms. The maximum Gasteiger partial charge on any atom is 4.00 e. The summed E-state index contributed by atoms with van der Waals surface area (Å²) in [6.45, 7) is 0. The van der Waals surface area contributed by atoms with Gasteiger partial charge in [0.05, 0.1) is 0 Å². The molecule has 0 rings (SSSR count). The molecule has 0 saturated heterocycles. The minimum Gasteiger partial charge on any atom is -2.00 e. The summed E-state index contributed by atoms with van der Waals surface area (Å²) in [5.41, 5.74) is 0. The molecule has 0 N–H and O–H groups in total.